The Morgan fingerprint density at radius 1 is 0.756 bits per heavy atom. The lowest BCUT2D eigenvalue weighted by Crippen LogP contribution is -2.49. The zero-order chi connectivity index (χ0) is 29.5. The highest BCUT2D eigenvalue weighted by atomic mass is 19.4. The molecule has 1 amide bonds. The van der Waals surface area contributed by atoms with Crippen LogP contribution in [0.3, 0.4) is 0 Å². The van der Waals surface area contributed by atoms with E-state index in [0.717, 1.165) is 28.8 Å². The van der Waals surface area contributed by atoms with Gasteiger partial charge < -0.3 is 20.5 Å². The van der Waals surface area contributed by atoms with E-state index in [1.165, 1.54) is 6.07 Å². The van der Waals surface area contributed by atoms with Gasteiger partial charge in [0.1, 0.15) is 13.2 Å². The van der Waals surface area contributed by atoms with Crippen LogP contribution in [0.2, 0.25) is 0 Å². The van der Waals surface area contributed by atoms with E-state index in [0.29, 0.717) is 24.7 Å². The third-order valence-corrected chi connectivity index (χ3v) is 6.40. The molecule has 0 unspecified atom stereocenters. The Morgan fingerprint density at radius 2 is 1.34 bits per heavy atom. The summed E-state index contributed by atoms with van der Waals surface area (Å²) in [6, 6.07) is 28.4. The Balaban J connectivity index is 1.45. The Kier molecular flexibility index (Phi) is 9.19. The number of hydrogen-bond acceptors (Lipinski definition) is 5. The summed E-state index contributed by atoms with van der Waals surface area (Å²) in [7, 11) is 0. The SMILES string of the molecule is CC(C)(NCc1ccc(OCc2ccccc2)c(OCc2ccccc2)c1)C(=O)Nc1ccc(N)c(C(F)(F)F)c1. The van der Waals surface area contributed by atoms with E-state index in [-0.39, 0.29) is 12.2 Å². The predicted octanol–water partition coefficient (Wildman–Crippen LogP) is 6.95. The molecule has 4 N–H and O–H groups in total. The van der Waals surface area contributed by atoms with Crippen LogP contribution in [0.15, 0.2) is 97.1 Å². The molecule has 0 aliphatic rings. The number of nitrogens with one attached hydrogen (secondary N) is 2. The molecule has 41 heavy (non-hydrogen) atoms. The monoisotopic (exact) mass is 563 g/mol. The van der Waals surface area contributed by atoms with E-state index in [2.05, 4.69) is 10.6 Å². The van der Waals surface area contributed by atoms with Crippen molar-refractivity contribution in [1.82, 2.24) is 5.32 Å². The van der Waals surface area contributed by atoms with Crippen LogP contribution in [-0.4, -0.2) is 11.4 Å². The third-order valence-electron chi connectivity index (χ3n) is 6.40. The largest absolute Gasteiger partial charge is 0.485 e. The molecular weight excluding hydrogens is 531 g/mol. The number of carbonyl (C=O) groups is 1. The predicted molar refractivity (Wildman–Crippen MR) is 153 cm³/mol. The maximum absolute atomic E-state index is 13.2. The second kappa shape index (κ2) is 12.8. The molecule has 0 saturated heterocycles. The Hall–Kier alpha value is -4.50. The lowest BCUT2D eigenvalue weighted by molar-refractivity contribution is -0.137. The summed E-state index contributed by atoms with van der Waals surface area (Å²) in [5.41, 5.74) is 5.78. The zero-order valence-corrected chi connectivity index (χ0v) is 22.8. The number of benzene rings is 4. The third kappa shape index (κ3) is 8.25. The van der Waals surface area contributed by atoms with Crippen molar-refractivity contribution >= 4 is 17.3 Å². The van der Waals surface area contributed by atoms with Crippen molar-refractivity contribution in [2.24, 2.45) is 0 Å². The molecule has 0 aliphatic carbocycles. The number of ether oxygens (including phenoxy) is 2. The molecule has 0 aromatic heterocycles. The summed E-state index contributed by atoms with van der Waals surface area (Å²) >= 11 is 0. The number of halogens is 3. The molecule has 0 atom stereocenters. The lowest BCUT2D eigenvalue weighted by atomic mass is 10.0. The van der Waals surface area contributed by atoms with Gasteiger partial charge in [-0.05, 0) is 60.9 Å². The Bertz CT molecular complexity index is 1460. The van der Waals surface area contributed by atoms with Gasteiger partial charge in [0.15, 0.2) is 11.5 Å². The van der Waals surface area contributed by atoms with Crippen LogP contribution in [-0.2, 0) is 30.7 Å². The van der Waals surface area contributed by atoms with Crippen LogP contribution in [0.25, 0.3) is 0 Å². The minimum atomic E-state index is -4.63. The normalized spacial score (nSPS) is 11.6. The number of rotatable bonds is 11. The van der Waals surface area contributed by atoms with Crippen LogP contribution in [0, 0.1) is 0 Å². The molecule has 0 bridgehead atoms. The zero-order valence-electron chi connectivity index (χ0n) is 22.8. The maximum atomic E-state index is 13.2. The van der Waals surface area contributed by atoms with Crippen molar-refractivity contribution in [3.8, 4) is 11.5 Å². The maximum Gasteiger partial charge on any atom is 0.418 e. The van der Waals surface area contributed by atoms with Gasteiger partial charge in [-0.1, -0.05) is 66.7 Å². The Labute approximate surface area is 237 Å². The number of hydrogen-bond donors (Lipinski definition) is 3. The molecule has 9 heteroatoms. The molecular formula is C32H32F3N3O3. The molecule has 214 valence electrons. The van der Waals surface area contributed by atoms with Gasteiger partial charge in [-0.25, -0.2) is 0 Å². The van der Waals surface area contributed by atoms with Gasteiger partial charge in [0.2, 0.25) is 5.91 Å². The van der Waals surface area contributed by atoms with Crippen molar-refractivity contribution < 1.29 is 27.4 Å². The van der Waals surface area contributed by atoms with Gasteiger partial charge in [0.25, 0.3) is 0 Å². The van der Waals surface area contributed by atoms with Crippen LogP contribution < -0.4 is 25.8 Å². The topological polar surface area (TPSA) is 85.6 Å². The minimum Gasteiger partial charge on any atom is -0.485 e. The highest BCUT2D eigenvalue weighted by molar-refractivity contribution is 5.97. The van der Waals surface area contributed by atoms with Crippen molar-refractivity contribution in [3.05, 3.63) is 119 Å². The van der Waals surface area contributed by atoms with E-state index in [1.807, 2.05) is 78.9 Å². The molecule has 4 aromatic carbocycles. The molecule has 0 aliphatic heterocycles. The van der Waals surface area contributed by atoms with Crippen molar-refractivity contribution in [2.75, 3.05) is 11.1 Å². The van der Waals surface area contributed by atoms with E-state index in [9.17, 15) is 18.0 Å². The molecule has 0 fully saturated rings. The highest BCUT2D eigenvalue weighted by Gasteiger charge is 2.34. The summed E-state index contributed by atoms with van der Waals surface area (Å²) in [6.45, 7) is 4.29. The number of amides is 1. The summed E-state index contributed by atoms with van der Waals surface area (Å²) in [5, 5.41) is 5.72. The van der Waals surface area contributed by atoms with E-state index >= 15 is 0 Å². The first-order chi connectivity index (χ1) is 19.5. The van der Waals surface area contributed by atoms with Gasteiger partial charge in [-0.2, -0.15) is 13.2 Å². The van der Waals surface area contributed by atoms with Gasteiger partial charge in [0.05, 0.1) is 11.1 Å². The van der Waals surface area contributed by atoms with E-state index in [4.69, 9.17) is 15.2 Å². The molecule has 6 nitrogen and oxygen atoms in total. The van der Waals surface area contributed by atoms with Crippen molar-refractivity contribution in [2.45, 2.75) is 45.3 Å². The molecule has 0 radical (unpaired) electrons. The highest BCUT2D eigenvalue weighted by Crippen LogP contribution is 2.35. The average Bonchev–Trinajstić information content (AvgIpc) is 2.96. The number of anilines is 2. The van der Waals surface area contributed by atoms with E-state index in [1.54, 1.807) is 13.8 Å². The van der Waals surface area contributed by atoms with Gasteiger partial charge in [-0.15, -0.1) is 0 Å². The first kappa shape index (κ1) is 29.5. The molecule has 0 heterocycles. The molecule has 0 saturated carbocycles. The summed E-state index contributed by atoms with van der Waals surface area (Å²) in [5.74, 6) is 0.626. The molecule has 0 spiro atoms. The molecule has 4 rings (SSSR count). The standard InChI is InChI=1S/C32H32F3N3O3/c1-31(2,30(39)38-25-14-15-27(36)26(18-25)32(33,34)35)37-19-24-13-16-28(40-20-22-9-5-3-6-10-22)29(17-24)41-21-23-11-7-4-8-12-23/h3-18,37H,19-21,36H2,1-2H3,(H,38,39). The van der Waals surface area contributed by atoms with E-state index < -0.39 is 28.9 Å². The number of alkyl halides is 3. The van der Waals surface area contributed by atoms with Crippen LogP contribution in [0.1, 0.15) is 36.1 Å². The quantitative estimate of drug-likeness (QED) is 0.172. The Morgan fingerprint density at radius 3 is 1.93 bits per heavy atom. The van der Waals surface area contributed by atoms with Gasteiger partial charge in [0, 0.05) is 17.9 Å². The second-order valence-electron chi connectivity index (χ2n) is 10.1. The average molecular weight is 564 g/mol. The van der Waals surface area contributed by atoms with Crippen molar-refractivity contribution in [3.63, 3.8) is 0 Å². The fourth-order valence-electron chi connectivity index (χ4n) is 3.94. The van der Waals surface area contributed by atoms with Crippen LogP contribution in [0.5, 0.6) is 11.5 Å². The summed E-state index contributed by atoms with van der Waals surface area (Å²) < 4.78 is 51.9. The number of nitrogens with two attached hydrogens (primary N) is 1. The smallest absolute Gasteiger partial charge is 0.418 e. The molecule has 4 aromatic rings. The fraction of sp³-hybridized carbons (Fsp3) is 0.219. The minimum absolute atomic E-state index is 0.00270. The van der Waals surface area contributed by atoms with Crippen LogP contribution in [0.4, 0.5) is 24.5 Å². The first-order valence-corrected chi connectivity index (χ1v) is 13.0. The number of carbonyl (C=O) groups excluding carboxylic acids is 1. The van der Waals surface area contributed by atoms with Crippen LogP contribution >= 0.6 is 0 Å². The van der Waals surface area contributed by atoms with Gasteiger partial charge >= 0.3 is 6.18 Å². The lowest BCUT2D eigenvalue weighted by Gasteiger charge is -2.26. The first-order valence-electron chi connectivity index (χ1n) is 13.0. The summed E-state index contributed by atoms with van der Waals surface area (Å²) in [6.07, 6.45) is -4.63. The second-order valence-corrected chi connectivity index (χ2v) is 10.1. The summed E-state index contributed by atoms with van der Waals surface area (Å²) in [4.78, 5) is 13.0. The van der Waals surface area contributed by atoms with Gasteiger partial charge in [-0.3, -0.25) is 10.1 Å². The number of nitrogen functional groups attached to an aromatic ring is 1. The van der Waals surface area contributed by atoms with Crippen molar-refractivity contribution in [1.29, 1.82) is 0 Å². The fourth-order valence-corrected chi connectivity index (χ4v) is 3.94.